The fraction of sp³-hybridized carbons (Fsp3) is 0.864. The van der Waals surface area contributed by atoms with Gasteiger partial charge in [0, 0.05) is 28.6 Å². The Labute approximate surface area is 191 Å². The molecule has 0 radical (unpaired) electrons. The number of fused-ring (bicyclic) bond motifs is 1. The maximum atomic E-state index is 15.3. The Morgan fingerprint density at radius 3 is 2.77 bits per heavy atom. The molecule has 1 aliphatic carbocycles. The zero-order chi connectivity index (χ0) is 22.5. The molecule has 2 N–H and O–H groups in total. The van der Waals surface area contributed by atoms with Gasteiger partial charge in [-0.25, -0.2) is 8.78 Å². The fourth-order valence-electron chi connectivity index (χ4n) is 4.47. The van der Waals surface area contributed by atoms with Gasteiger partial charge in [0.1, 0.15) is 24.0 Å². The van der Waals surface area contributed by atoms with Crippen LogP contribution < -0.4 is 0 Å². The maximum Gasteiger partial charge on any atom is 0.305 e. The number of hydrogen-bond donors (Lipinski definition) is 2. The molecule has 9 atom stereocenters. The smallest absolute Gasteiger partial charge is 0.305 e. The lowest BCUT2D eigenvalue weighted by molar-refractivity contribution is -0.140. The summed E-state index contributed by atoms with van der Waals surface area (Å²) in [7, 11) is 1.34. The second-order valence-corrected chi connectivity index (χ2v) is 10.3. The van der Waals surface area contributed by atoms with E-state index >= 15 is 4.39 Å². The largest absolute Gasteiger partial charge is 0.469 e. The number of alkyl halides is 3. The SMILES string of the molecule is CCCCC(C)(F)[C@H](O)/C=C/[C@@H]1[C@H]2C(F)[C@H](C(I)CCCC(=O)OC)O[C@@H]2C[C@H]1O. The predicted octanol–water partition coefficient (Wildman–Crippen LogP) is 4.07. The van der Waals surface area contributed by atoms with Crippen LogP contribution in [-0.4, -0.2) is 63.5 Å². The molecule has 2 fully saturated rings. The minimum absolute atomic E-state index is 0.108. The van der Waals surface area contributed by atoms with E-state index in [1.54, 1.807) is 6.08 Å². The van der Waals surface area contributed by atoms with E-state index in [0.29, 0.717) is 25.7 Å². The van der Waals surface area contributed by atoms with Crippen LogP contribution in [-0.2, 0) is 14.3 Å². The van der Waals surface area contributed by atoms with E-state index in [2.05, 4.69) is 27.3 Å². The van der Waals surface area contributed by atoms with Gasteiger partial charge in [0.2, 0.25) is 0 Å². The lowest BCUT2D eigenvalue weighted by Gasteiger charge is -2.26. The van der Waals surface area contributed by atoms with Crippen molar-refractivity contribution in [2.24, 2.45) is 11.8 Å². The monoisotopic (exact) mass is 544 g/mol. The number of aliphatic hydroxyl groups excluding tert-OH is 2. The van der Waals surface area contributed by atoms with E-state index in [4.69, 9.17) is 4.74 Å². The molecular weight excluding hydrogens is 509 g/mol. The summed E-state index contributed by atoms with van der Waals surface area (Å²) < 4.78 is 40.4. The van der Waals surface area contributed by atoms with E-state index in [1.807, 2.05) is 6.92 Å². The lowest BCUT2D eigenvalue weighted by atomic mass is 9.86. The molecule has 0 amide bonds. The van der Waals surface area contributed by atoms with E-state index < -0.39 is 48.1 Å². The first-order chi connectivity index (χ1) is 14.1. The summed E-state index contributed by atoms with van der Waals surface area (Å²) in [5.41, 5.74) is -1.76. The molecule has 30 heavy (non-hydrogen) atoms. The molecule has 0 aromatic carbocycles. The van der Waals surface area contributed by atoms with Crippen LogP contribution in [0.3, 0.4) is 0 Å². The van der Waals surface area contributed by atoms with Crippen molar-refractivity contribution in [3.05, 3.63) is 12.2 Å². The summed E-state index contributed by atoms with van der Waals surface area (Å²) in [6.07, 6.45) is 2.14. The summed E-state index contributed by atoms with van der Waals surface area (Å²) in [4.78, 5) is 11.3. The van der Waals surface area contributed by atoms with Crippen molar-refractivity contribution in [3.8, 4) is 0 Å². The minimum atomic E-state index is -1.76. The van der Waals surface area contributed by atoms with Gasteiger partial charge in [-0.3, -0.25) is 4.79 Å². The number of aliphatic hydroxyl groups is 2. The number of methoxy groups -OCH3 is 1. The number of hydrogen-bond acceptors (Lipinski definition) is 5. The van der Waals surface area contributed by atoms with Gasteiger partial charge in [-0.1, -0.05) is 54.5 Å². The lowest BCUT2D eigenvalue weighted by Crippen LogP contribution is -2.35. The van der Waals surface area contributed by atoms with Crippen molar-refractivity contribution in [1.29, 1.82) is 0 Å². The second kappa shape index (κ2) is 11.5. The van der Waals surface area contributed by atoms with Crippen molar-refractivity contribution < 1.29 is 33.3 Å². The Hall–Kier alpha value is -0.320. The predicted molar refractivity (Wildman–Crippen MR) is 119 cm³/mol. The number of halogens is 3. The van der Waals surface area contributed by atoms with Crippen LogP contribution >= 0.6 is 22.6 Å². The molecule has 0 aromatic rings. The summed E-state index contributed by atoms with van der Waals surface area (Å²) >= 11 is 2.16. The first-order valence-electron chi connectivity index (χ1n) is 10.9. The molecular formula is C22H35F2IO5. The van der Waals surface area contributed by atoms with Gasteiger partial charge in [0.15, 0.2) is 0 Å². The van der Waals surface area contributed by atoms with E-state index in [1.165, 1.54) is 20.1 Å². The minimum Gasteiger partial charge on any atom is -0.469 e. The van der Waals surface area contributed by atoms with Gasteiger partial charge in [-0.05, 0) is 26.2 Å². The first kappa shape index (κ1) is 25.9. The molecule has 174 valence electrons. The van der Waals surface area contributed by atoms with Crippen molar-refractivity contribution in [2.75, 3.05) is 7.11 Å². The van der Waals surface area contributed by atoms with Crippen LogP contribution in [0.2, 0.25) is 0 Å². The van der Waals surface area contributed by atoms with Crippen LogP contribution in [0.1, 0.15) is 58.8 Å². The van der Waals surface area contributed by atoms with Crippen LogP contribution in [0.15, 0.2) is 12.2 Å². The third kappa shape index (κ3) is 6.36. The number of ether oxygens (including phenoxy) is 2. The zero-order valence-corrected chi connectivity index (χ0v) is 20.1. The third-order valence-corrected chi connectivity index (χ3v) is 7.73. The molecule has 1 saturated heterocycles. The molecule has 2 rings (SSSR count). The summed E-state index contributed by atoms with van der Waals surface area (Å²) in [5, 5.41) is 20.6. The Morgan fingerprint density at radius 2 is 2.13 bits per heavy atom. The number of unbranched alkanes of at least 4 members (excludes halogenated alkanes) is 1. The maximum absolute atomic E-state index is 15.3. The van der Waals surface area contributed by atoms with Crippen molar-refractivity contribution >= 4 is 28.6 Å². The van der Waals surface area contributed by atoms with Gasteiger partial charge >= 0.3 is 5.97 Å². The topological polar surface area (TPSA) is 76.0 Å². The van der Waals surface area contributed by atoms with Crippen LogP contribution in [0.4, 0.5) is 8.78 Å². The van der Waals surface area contributed by atoms with Gasteiger partial charge < -0.3 is 19.7 Å². The van der Waals surface area contributed by atoms with Gasteiger partial charge in [0.25, 0.3) is 0 Å². The highest BCUT2D eigenvalue weighted by molar-refractivity contribution is 14.1. The quantitative estimate of drug-likeness (QED) is 0.178. The Balaban J connectivity index is 1.97. The number of carbonyl (C=O) groups is 1. The molecule has 1 saturated carbocycles. The molecule has 2 aliphatic rings. The molecule has 1 heterocycles. The molecule has 1 aliphatic heterocycles. The van der Waals surface area contributed by atoms with Crippen LogP contribution in [0.5, 0.6) is 0 Å². The first-order valence-corrected chi connectivity index (χ1v) is 12.1. The fourth-order valence-corrected chi connectivity index (χ4v) is 5.48. The number of carbonyl (C=O) groups excluding carboxylic acids is 1. The van der Waals surface area contributed by atoms with Crippen molar-refractivity contribution in [3.63, 3.8) is 0 Å². The van der Waals surface area contributed by atoms with Gasteiger partial charge in [0.05, 0.1) is 19.3 Å². The Kier molecular flexibility index (Phi) is 9.96. The van der Waals surface area contributed by atoms with E-state index in [9.17, 15) is 19.4 Å². The molecule has 5 nitrogen and oxygen atoms in total. The highest BCUT2D eigenvalue weighted by Crippen LogP contribution is 2.47. The molecule has 0 spiro atoms. The Bertz CT molecular complexity index is 588. The highest BCUT2D eigenvalue weighted by atomic mass is 127. The summed E-state index contributed by atoms with van der Waals surface area (Å²) in [5.74, 6) is -1.33. The summed E-state index contributed by atoms with van der Waals surface area (Å²) in [6, 6.07) is 0. The average Bonchev–Trinajstić information content (AvgIpc) is 3.19. The zero-order valence-electron chi connectivity index (χ0n) is 18.0. The van der Waals surface area contributed by atoms with Crippen LogP contribution in [0.25, 0.3) is 0 Å². The molecule has 3 unspecified atom stereocenters. The molecule has 0 bridgehead atoms. The van der Waals surface area contributed by atoms with Gasteiger partial charge in [-0.2, -0.15) is 0 Å². The third-order valence-electron chi connectivity index (χ3n) is 6.40. The highest BCUT2D eigenvalue weighted by Gasteiger charge is 2.56. The average molecular weight is 544 g/mol. The normalized spacial score (nSPS) is 35.2. The van der Waals surface area contributed by atoms with Crippen molar-refractivity contribution in [1.82, 2.24) is 0 Å². The Morgan fingerprint density at radius 1 is 1.43 bits per heavy atom. The molecule has 8 heteroatoms. The number of esters is 1. The second-order valence-electron chi connectivity index (χ2n) is 8.74. The van der Waals surface area contributed by atoms with Gasteiger partial charge in [-0.15, -0.1) is 0 Å². The van der Waals surface area contributed by atoms with E-state index in [0.717, 1.165) is 6.42 Å². The summed E-state index contributed by atoms with van der Waals surface area (Å²) in [6.45, 7) is 3.33. The standard InChI is InChI=1S/C22H35F2IO5/c1-4-5-11-22(2,24)17(27)10-9-13-15(26)12-16-19(13)20(23)21(30-16)14(25)7-6-8-18(28)29-3/h9-10,13-17,19-21,26-27H,4-8,11-12H2,1-3H3/b10-9+/t13-,14?,15+,16+,17+,19+,20?,21-,22?/m0/s1. The van der Waals surface area contributed by atoms with E-state index in [-0.39, 0.29) is 22.7 Å². The molecule has 0 aromatic heterocycles. The number of rotatable bonds is 11. The van der Waals surface area contributed by atoms with Crippen molar-refractivity contribution in [2.45, 2.75) is 99.0 Å². The van der Waals surface area contributed by atoms with Crippen LogP contribution in [0, 0.1) is 11.8 Å².